The zero-order chi connectivity index (χ0) is 20.4. The molecule has 0 radical (unpaired) electrons. The Bertz CT molecular complexity index is 1270. The van der Waals surface area contributed by atoms with E-state index >= 15 is 0 Å². The van der Waals surface area contributed by atoms with Crippen molar-refractivity contribution in [2.45, 2.75) is 39.2 Å². The molecule has 0 bridgehead atoms. The van der Waals surface area contributed by atoms with Crippen LogP contribution in [-0.2, 0) is 0 Å². The molecule has 0 amide bonds. The average molecular weight is 405 g/mol. The van der Waals surface area contributed by atoms with Gasteiger partial charge in [-0.3, -0.25) is 0 Å². The Kier molecular flexibility index (Phi) is 3.93. The van der Waals surface area contributed by atoms with Crippen molar-refractivity contribution in [2.24, 2.45) is 11.8 Å². The van der Waals surface area contributed by atoms with E-state index < -0.39 is 0 Å². The van der Waals surface area contributed by atoms with Crippen molar-refractivity contribution in [1.82, 2.24) is 34.9 Å². The van der Waals surface area contributed by atoms with E-state index in [9.17, 15) is 4.39 Å². The molecule has 0 spiro atoms. The van der Waals surface area contributed by atoms with Gasteiger partial charge in [-0.15, -0.1) is 5.10 Å². The Morgan fingerprint density at radius 2 is 1.90 bits per heavy atom. The summed E-state index contributed by atoms with van der Waals surface area (Å²) in [6.45, 7) is 6.12. The third-order valence-electron chi connectivity index (χ3n) is 6.73. The van der Waals surface area contributed by atoms with Crippen LogP contribution >= 0.6 is 0 Å². The molecule has 4 heterocycles. The van der Waals surface area contributed by atoms with Crippen LogP contribution in [-0.4, -0.2) is 42.7 Å². The van der Waals surface area contributed by atoms with Crippen LogP contribution in [0.2, 0.25) is 0 Å². The molecule has 2 fully saturated rings. The molecule has 7 nitrogen and oxygen atoms in total. The SMILES string of the molecule is Cc1cn2nc(-c3cc(F)c4nn(C5CCC6CNCC6C5)nc4c3)cc(C)c2n1. The molecule has 3 unspecified atom stereocenters. The van der Waals surface area contributed by atoms with E-state index in [2.05, 4.69) is 25.6 Å². The number of aryl methyl sites for hydroxylation is 2. The molecule has 8 heteroatoms. The minimum atomic E-state index is -0.355. The molecule has 4 aromatic rings. The lowest BCUT2D eigenvalue weighted by Crippen LogP contribution is -2.26. The Hall–Kier alpha value is -2.87. The number of fused-ring (bicyclic) bond motifs is 3. The molecule has 1 aliphatic carbocycles. The van der Waals surface area contributed by atoms with Crippen LogP contribution in [0.4, 0.5) is 4.39 Å². The van der Waals surface area contributed by atoms with Crippen LogP contribution in [0.15, 0.2) is 24.4 Å². The first-order valence-corrected chi connectivity index (χ1v) is 10.7. The zero-order valence-electron chi connectivity index (χ0n) is 17.1. The Morgan fingerprint density at radius 3 is 2.80 bits per heavy atom. The fraction of sp³-hybridized carbons (Fsp3) is 0.455. The van der Waals surface area contributed by atoms with Gasteiger partial charge in [0.25, 0.3) is 0 Å². The molecular weight excluding hydrogens is 381 g/mol. The van der Waals surface area contributed by atoms with Crippen molar-refractivity contribution in [3.05, 3.63) is 41.5 Å². The van der Waals surface area contributed by atoms with E-state index in [0.717, 1.165) is 48.8 Å². The van der Waals surface area contributed by atoms with Gasteiger partial charge in [0.2, 0.25) is 0 Å². The second-order valence-electron chi connectivity index (χ2n) is 8.85. The van der Waals surface area contributed by atoms with E-state index in [1.54, 1.807) is 9.31 Å². The predicted octanol–water partition coefficient (Wildman–Crippen LogP) is 3.46. The van der Waals surface area contributed by atoms with Crippen LogP contribution in [0, 0.1) is 31.5 Å². The van der Waals surface area contributed by atoms with Gasteiger partial charge in [-0.25, -0.2) is 13.9 Å². The largest absolute Gasteiger partial charge is 0.316 e. The Labute approximate surface area is 173 Å². The van der Waals surface area contributed by atoms with Crippen LogP contribution < -0.4 is 5.32 Å². The number of nitrogens with one attached hydrogen (secondary N) is 1. The molecule has 154 valence electrons. The Morgan fingerprint density at radius 1 is 1.03 bits per heavy atom. The number of nitrogens with zero attached hydrogens (tertiary/aromatic N) is 6. The summed E-state index contributed by atoms with van der Waals surface area (Å²) in [5.74, 6) is 1.09. The molecule has 6 rings (SSSR count). The van der Waals surface area contributed by atoms with Gasteiger partial charge in [-0.1, -0.05) is 0 Å². The van der Waals surface area contributed by atoms with Crippen molar-refractivity contribution >= 4 is 16.7 Å². The number of hydrogen-bond donors (Lipinski definition) is 1. The number of imidazole rings is 1. The molecule has 1 N–H and O–H groups in total. The molecule has 1 saturated carbocycles. The first-order valence-electron chi connectivity index (χ1n) is 10.7. The lowest BCUT2D eigenvalue weighted by molar-refractivity contribution is 0.203. The van der Waals surface area contributed by atoms with Crippen molar-refractivity contribution < 1.29 is 4.39 Å². The molecule has 2 aliphatic rings. The van der Waals surface area contributed by atoms with Crippen molar-refractivity contribution in [2.75, 3.05) is 13.1 Å². The van der Waals surface area contributed by atoms with E-state index in [1.165, 1.54) is 12.5 Å². The van der Waals surface area contributed by atoms with Crippen LogP contribution in [0.3, 0.4) is 0 Å². The molecule has 1 saturated heterocycles. The van der Waals surface area contributed by atoms with E-state index in [4.69, 9.17) is 0 Å². The summed E-state index contributed by atoms with van der Waals surface area (Å²) in [6, 6.07) is 5.59. The van der Waals surface area contributed by atoms with Gasteiger partial charge < -0.3 is 5.32 Å². The van der Waals surface area contributed by atoms with Gasteiger partial charge in [0.1, 0.15) is 11.0 Å². The molecule has 3 aromatic heterocycles. The molecule has 1 aromatic carbocycles. The number of hydrogen-bond acceptors (Lipinski definition) is 5. The number of aromatic nitrogens is 6. The summed E-state index contributed by atoms with van der Waals surface area (Å²) < 4.78 is 16.7. The summed E-state index contributed by atoms with van der Waals surface area (Å²) in [4.78, 5) is 6.25. The average Bonchev–Trinajstić information content (AvgIpc) is 3.44. The number of halogens is 1. The van der Waals surface area contributed by atoms with Gasteiger partial charge in [0, 0.05) is 5.56 Å². The van der Waals surface area contributed by atoms with E-state index in [0.29, 0.717) is 28.2 Å². The van der Waals surface area contributed by atoms with Gasteiger partial charge in [-0.05, 0) is 81.8 Å². The van der Waals surface area contributed by atoms with Crippen LogP contribution in [0.1, 0.15) is 36.6 Å². The number of benzene rings is 1. The standard InChI is InChI=1S/C22H24FN7/c1-12-5-19(26-29-11-13(2)25-22(12)29)15-7-18(23)21-20(8-15)27-30(28-21)17-4-3-14-9-24-10-16(14)6-17/h5,7-8,11,14,16-17,24H,3-4,6,9-10H2,1-2H3. The van der Waals surface area contributed by atoms with Crippen molar-refractivity contribution in [1.29, 1.82) is 0 Å². The summed E-state index contributed by atoms with van der Waals surface area (Å²) >= 11 is 0. The predicted molar refractivity (Wildman–Crippen MR) is 112 cm³/mol. The molecule has 30 heavy (non-hydrogen) atoms. The van der Waals surface area contributed by atoms with Gasteiger partial charge in [0.05, 0.1) is 23.6 Å². The van der Waals surface area contributed by atoms with Gasteiger partial charge in [-0.2, -0.15) is 15.0 Å². The monoisotopic (exact) mass is 405 g/mol. The highest BCUT2D eigenvalue weighted by atomic mass is 19.1. The second kappa shape index (κ2) is 6.57. The lowest BCUT2D eigenvalue weighted by Gasteiger charge is -2.30. The fourth-order valence-electron chi connectivity index (χ4n) is 5.18. The maximum Gasteiger partial charge on any atom is 0.156 e. The van der Waals surface area contributed by atoms with Crippen molar-refractivity contribution in [3.63, 3.8) is 0 Å². The maximum atomic E-state index is 15.0. The maximum absolute atomic E-state index is 15.0. The number of rotatable bonds is 2. The van der Waals surface area contributed by atoms with Crippen molar-refractivity contribution in [3.8, 4) is 11.3 Å². The summed E-state index contributed by atoms with van der Waals surface area (Å²) in [5, 5.41) is 17.3. The summed E-state index contributed by atoms with van der Waals surface area (Å²) in [7, 11) is 0. The normalized spacial score (nSPS) is 24.0. The minimum Gasteiger partial charge on any atom is -0.316 e. The van der Waals surface area contributed by atoms with Crippen LogP contribution in [0.5, 0.6) is 0 Å². The highest BCUT2D eigenvalue weighted by Gasteiger charge is 2.35. The highest BCUT2D eigenvalue weighted by molar-refractivity contribution is 5.81. The van der Waals surface area contributed by atoms with Gasteiger partial charge in [0.15, 0.2) is 11.5 Å². The third-order valence-corrected chi connectivity index (χ3v) is 6.73. The highest BCUT2D eigenvalue weighted by Crippen LogP contribution is 2.38. The van der Waals surface area contributed by atoms with Gasteiger partial charge >= 0.3 is 0 Å². The fourth-order valence-corrected chi connectivity index (χ4v) is 5.18. The topological polar surface area (TPSA) is 72.9 Å². The van der Waals surface area contributed by atoms with E-state index in [-0.39, 0.29) is 11.9 Å². The molecule has 1 aliphatic heterocycles. The minimum absolute atomic E-state index is 0.243. The summed E-state index contributed by atoms with van der Waals surface area (Å²) in [6.07, 6.45) is 5.17. The zero-order valence-corrected chi connectivity index (χ0v) is 17.1. The molecule has 3 atom stereocenters. The molecular formula is C22H24FN7. The first kappa shape index (κ1) is 17.9. The quantitative estimate of drug-likeness (QED) is 0.553. The van der Waals surface area contributed by atoms with E-state index in [1.807, 2.05) is 32.2 Å². The first-order chi connectivity index (χ1) is 14.5. The second-order valence-corrected chi connectivity index (χ2v) is 8.85. The third kappa shape index (κ3) is 2.81. The Balaban J connectivity index is 1.39. The van der Waals surface area contributed by atoms with Crippen LogP contribution in [0.25, 0.3) is 27.9 Å². The smallest absolute Gasteiger partial charge is 0.156 e. The summed E-state index contributed by atoms with van der Waals surface area (Å²) in [5.41, 5.74) is 5.04. The lowest BCUT2D eigenvalue weighted by atomic mass is 9.79.